The maximum Gasteiger partial charge on any atom is 0.357 e. The van der Waals surface area contributed by atoms with E-state index in [1.165, 1.54) is 0 Å². The molecule has 0 bridgehead atoms. The van der Waals surface area contributed by atoms with Gasteiger partial charge in [-0.15, -0.1) is 0 Å². The number of ether oxygens (including phenoxy) is 1. The zero-order valence-electron chi connectivity index (χ0n) is 15.2. The molecule has 1 aliphatic carbocycles. The van der Waals surface area contributed by atoms with Crippen molar-refractivity contribution in [2.75, 3.05) is 6.61 Å². The van der Waals surface area contributed by atoms with Crippen LogP contribution in [0.5, 0.6) is 0 Å². The molecule has 3 aromatic rings. The van der Waals surface area contributed by atoms with E-state index < -0.39 is 5.97 Å². The van der Waals surface area contributed by atoms with Crippen molar-refractivity contribution in [3.05, 3.63) is 58.9 Å². The fourth-order valence-electron chi connectivity index (χ4n) is 3.24. The van der Waals surface area contributed by atoms with Crippen LogP contribution in [0.25, 0.3) is 23.0 Å². The third-order valence-corrected chi connectivity index (χ3v) is 4.60. The van der Waals surface area contributed by atoms with Crippen LogP contribution in [0.3, 0.4) is 0 Å². The molecule has 2 heterocycles. The molecule has 0 saturated heterocycles. The fraction of sp³-hybridized carbons (Fsp3) is 0.238. The second-order valence-corrected chi connectivity index (χ2v) is 6.40. The molecule has 0 saturated carbocycles. The summed E-state index contributed by atoms with van der Waals surface area (Å²) in [6.07, 6.45) is 4.59. The number of benzene rings is 1. The van der Waals surface area contributed by atoms with Gasteiger partial charge in [-0.25, -0.2) is 14.3 Å². The van der Waals surface area contributed by atoms with E-state index in [4.69, 9.17) is 4.74 Å². The summed E-state index contributed by atoms with van der Waals surface area (Å²) in [5, 5.41) is 4.68. The van der Waals surface area contributed by atoms with E-state index in [1.54, 1.807) is 23.6 Å². The summed E-state index contributed by atoms with van der Waals surface area (Å²) in [6, 6.07) is 9.54. The van der Waals surface area contributed by atoms with Crippen LogP contribution in [0.4, 0.5) is 0 Å². The van der Waals surface area contributed by atoms with Crippen molar-refractivity contribution in [2.24, 2.45) is 0 Å². The largest absolute Gasteiger partial charge is 0.461 e. The number of rotatable bonds is 4. The van der Waals surface area contributed by atoms with E-state index >= 15 is 0 Å². The van der Waals surface area contributed by atoms with Crippen LogP contribution < -0.4 is 0 Å². The smallest absolute Gasteiger partial charge is 0.357 e. The molecule has 0 fully saturated rings. The topological polar surface area (TPSA) is 73.6 Å². The maximum absolute atomic E-state index is 12.1. The molecule has 0 radical (unpaired) electrons. The van der Waals surface area contributed by atoms with Crippen LogP contribution in [0.15, 0.2) is 36.4 Å². The molecule has 0 unspecified atom stereocenters. The van der Waals surface area contributed by atoms with E-state index in [0.717, 1.165) is 28.1 Å². The van der Waals surface area contributed by atoms with Gasteiger partial charge in [0.1, 0.15) is 0 Å². The Hall–Kier alpha value is -3.28. The molecule has 2 aromatic heterocycles. The van der Waals surface area contributed by atoms with Gasteiger partial charge in [-0.1, -0.05) is 25.1 Å². The number of ketones is 1. The lowest BCUT2D eigenvalue weighted by molar-refractivity contribution is -0.114. The van der Waals surface area contributed by atoms with Gasteiger partial charge in [-0.05, 0) is 42.7 Å². The Morgan fingerprint density at radius 2 is 2.04 bits per heavy atom. The van der Waals surface area contributed by atoms with Gasteiger partial charge in [0.25, 0.3) is 0 Å². The van der Waals surface area contributed by atoms with E-state index in [9.17, 15) is 9.59 Å². The normalized spacial score (nSPS) is 13.0. The van der Waals surface area contributed by atoms with Crippen molar-refractivity contribution < 1.29 is 14.3 Å². The van der Waals surface area contributed by atoms with Crippen LogP contribution in [0, 0.1) is 0 Å². The minimum absolute atomic E-state index is 0.117. The number of aromatic nitrogens is 3. The first-order valence-electron chi connectivity index (χ1n) is 9.00. The summed E-state index contributed by atoms with van der Waals surface area (Å²) in [4.78, 5) is 28.0. The third-order valence-electron chi connectivity index (χ3n) is 4.60. The number of carbonyl (C=O) groups excluding carboxylic acids is 2. The third kappa shape index (κ3) is 3.14. The first-order valence-corrected chi connectivity index (χ1v) is 9.00. The average molecular weight is 361 g/mol. The van der Waals surface area contributed by atoms with E-state index in [0.29, 0.717) is 30.8 Å². The Kier molecular flexibility index (Phi) is 4.32. The lowest BCUT2D eigenvalue weighted by Crippen LogP contribution is -2.10. The molecule has 1 aliphatic rings. The number of hydrogen-bond donors (Lipinski definition) is 0. The van der Waals surface area contributed by atoms with Crippen LogP contribution in [0.2, 0.25) is 0 Å². The summed E-state index contributed by atoms with van der Waals surface area (Å²) < 4.78 is 6.83. The van der Waals surface area contributed by atoms with Gasteiger partial charge >= 0.3 is 5.97 Å². The molecule has 0 N–H and O–H groups in total. The first kappa shape index (κ1) is 17.1. The van der Waals surface area contributed by atoms with Crippen molar-refractivity contribution in [2.45, 2.75) is 26.7 Å². The zero-order chi connectivity index (χ0) is 19.0. The zero-order valence-corrected chi connectivity index (χ0v) is 15.2. The van der Waals surface area contributed by atoms with Gasteiger partial charge in [-0.3, -0.25) is 4.79 Å². The van der Waals surface area contributed by atoms with Gasteiger partial charge in [0.2, 0.25) is 0 Å². The molecule has 0 aliphatic heterocycles. The van der Waals surface area contributed by atoms with Gasteiger partial charge in [0, 0.05) is 23.7 Å². The molecule has 1 aromatic carbocycles. The molecule has 27 heavy (non-hydrogen) atoms. The van der Waals surface area contributed by atoms with Crippen LogP contribution in [-0.4, -0.2) is 33.0 Å². The van der Waals surface area contributed by atoms with Crippen molar-refractivity contribution in [3.63, 3.8) is 0 Å². The SMILES string of the molecule is CCOC(=O)c1cc(CC)n2nc(-c3ccc4c(c3)C=CC(=O)C4)cc2n1. The first-order chi connectivity index (χ1) is 13.1. The predicted molar refractivity (Wildman–Crippen MR) is 102 cm³/mol. The van der Waals surface area contributed by atoms with E-state index in [2.05, 4.69) is 10.1 Å². The van der Waals surface area contributed by atoms with Gasteiger partial charge in [0.05, 0.1) is 12.3 Å². The lowest BCUT2D eigenvalue weighted by atomic mass is 9.94. The molecule has 4 rings (SSSR count). The van der Waals surface area contributed by atoms with Crippen molar-refractivity contribution in [1.29, 1.82) is 0 Å². The highest BCUT2D eigenvalue weighted by Crippen LogP contribution is 2.26. The Balaban J connectivity index is 1.79. The number of hydrogen-bond acceptors (Lipinski definition) is 5. The molecule has 0 amide bonds. The molecular formula is C21H19N3O3. The Morgan fingerprint density at radius 3 is 2.81 bits per heavy atom. The number of aryl methyl sites for hydroxylation is 1. The number of nitrogens with zero attached hydrogens (tertiary/aromatic N) is 3. The molecule has 0 atom stereocenters. The second kappa shape index (κ2) is 6.79. The molecular weight excluding hydrogens is 342 g/mol. The van der Waals surface area contributed by atoms with E-state index in [-0.39, 0.29) is 5.78 Å². The van der Waals surface area contributed by atoms with Crippen molar-refractivity contribution in [1.82, 2.24) is 14.6 Å². The van der Waals surface area contributed by atoms with E-state index in [1.807, 2.05) is 37.3 Å². The highest BCUT2D eigenvalue weighted by Gasteiger charge is 2.16. The summed E-state index contributed by atoms with van der Waals surface area (Å²) in [5.74, 6) is -0.313. The van der Waals surface area contributed by atoms with Crippen LogP contribution >= 0.6 is 0 Å². The summed E-state index contributed by atoms with van der Waals surface area (Å²) in [7, 11) is 0. The fourth-order valence-corrected chi connectivity index (χ4v) is 3.24. The van der Waals surface area contributed by atoms with Gasteiger partial charge in [-0.2, -0.15) is 5.10 Å². The molecule has 6 nitrogen and oxygen atoms in total. The lowest BCUT2D eigenvalue weighted by Gasteiger charge is -2.10. The minimum Gasteiger partial charge on any atom is -0.461 e. The van der Waals surface area contributed by atoms with Crippen LogP contribution in [0.1, 0.15) is 41.2 Å². The van der Waals surface area contributed by atoms with Gasteiger partial charge < -0.3 is 4.74 Å². The summed E-state index contributed by atoms with van der Waals surface area (Å²) in [6.45, 7) is 4.08. The maximum atomic E-state index is 12.1. The summed E-state index contributed by atoms with van der Waals surface area (Å²) in [5.41, 5.74) is 5.55. The monoisotopic (exact) mass is 361 g/mol. The molecule has 6 heteroatoms. The highest BCUT2D eigenvalue weighted by atomic mass is 16.5. The number of carbonyl (C=O) groups is 2. The quantitative estimate of drug-likeness (QED) is 0.667. The van der Waals surface area contributed by atoms with Gasteiger partial charge in [0.15, 0.2) is 17.1 Å². The number of fused-ring (bicyclic) bond motifs is 2. The van der Waals surface area contributed by atoms with Crippen LogP contribution in [-0.2, 0) is 22.4 Å². The number of allylic oxidation sites excluding steroid dienone is 1. The molecule has 0 spiro atoms. The molecule has 136 valence electrons. The predicted octanol–water partition coefficient (Wildman–Crippen LogP) is 3.27. The average Bonchev–Trinajstić information content (AvgIpc) is 3.11. The Bertz CT molecular complexity index is 1100. The Labute approximate surface area is 156 Å². The van der Waals surface area contributed by atoms with Crippen molar-refractivity contribution in [3.8, 4) is 11.3 Å². The minimum atomic E-state index is -0.430. The Morgan fingerprint density at radius 1 is 1.19 bits per heavy atom. The standard InChI is InChI=1S/C21H19N3O3/c1-3-16-11-19(21(26)27-4-2)22-20-12-18(23-24(16)20)15-6-5-14-10-17(25)8-7-13(14)9-15/h5-9,11-12H,3-4,10H2,1-2H3. The summed E-state index contributed by atoms with van der Waals surface area (Å²) >= 11 is 0. The van der Waals surface area contributed by atoms with Crippen molar-refractivity contribution >= 4 is 23.5 Å². The highest BCUT2D eigenvalue weighted by molar-refractivity contribution is 5.98. The second-order valence-electron chi connectivity index (χ2n) is 6.40. The number of esters is 1.